The maximum atomic E-state index is 12.5. The second-order valence-electron chi connectivity index (χ2n) is 6.80. The number of hydrogen-bond acceptors (Lipinski definition) is 6. The Bertz CT molecular complexity index is 962. The fraction of sp³-hybridized carbons (Fsp3) is 0.368. The number of methoxy groups -OCH3 is 1. The molecule has 4 heterocycles. The molecule has 27 heavy (non-hydrogen) atoms. The molecule has 1 saturated heterocycles. The van der Waals surface area contributed by atoms with Gasteiger partial charge in [-0.25, -0.2) is 9.97 Å². The molecule has 0 aromatic carbocycles. The Balaban J connectivity index is 1.57. The first kappa shape index (κ1) is 17.4. The Kier molecular flexibility index (Phi) is 4.72. The summed E-state index contributed by atoms with van der Waals surface area (Å²) < 4.78 is 4.97. The molecule has 2 N–H and O–H groups in total. The van der Waals surface area contributed by atoms with E-state index < -0.39 is 0 Å². The van der Waals surface area contributed by atoms with Crippen LogP contribution in [0.15, 0.2) is 30.6 Å². The summed E-state index contributed by atoms with van der Waals surface area (Å²) in [5.74, 6) is 0.636. The molecule has 0 atom stereocenters. The maximum Gasteiger partial charge on any atom is 0.316 e. The average molecular weight is 366 g/mol. The molecule has 8 nitrogen and oxygen atoms in total. The van der Waals surface area contributed by atoms with Gasteiger partial charge in [0.05, 0.1) is 18.1 Å². The molecule has 4 rings (SSSR count). The topological polar surface area (TPSA) is 96.0 Å². The van der Waals surface area contributed by atoms with Crippen LogP contribution in [-0.2, 0) is 0 Å². The van der Waals surface area contributed by atoms with Crippen molar-refractivity contribution in [2.24, 2.45) is 0 Å². The number of hydrogen-bond donors (Lipinski definition) is 2. The summed E-state index contributed by atoms with van der Waals surface area (Å²) in [5.41, 5.74) is 3.35. The highest BCUT2D eigenvalue weighted by molar-refractivity contribution is 6.02. The van der Waals surface area contributed by atoms with Crippen LogP contribution in [0.3, 0.4) is 0 Å². The van der Waals surface area contributed by atoms with Crippen LogP contribution >= 0.6 is 0 Å². The van der Waals surface area contributed by atoms with Gasteiger partial charge in [0.25, 0.3) is 5.91 Å². The van der Waals surface area contributed by atoms with E-state index in [0.29, 0.717) is 11.7 Å². The number of rotatable bonds is 4. The second kappa shape index (κ2) is 7.32. The molecule has 1 aliphatic rings. The number of H-pyrrole nitrogens is 1. The Morgan fingerprint density at radius 2 is 2.07 bits per heavy atom. The molecule has 0 saturated carbocycles. The highest BCUT2D eigenvalue weighted by Gasteiger charge is 2.22. The molecule has 140 valence electrons. The van der Waals surface area contributed by atoms with E-state index in [-0.39, 0.29) is 17.6 Å². The zero-order valence-corrected chi connectivity index (χ0v) is 15.4. The number of likely N-dealkylation sites (tertiary alicyclic amines) is 1. The van der Waals surface area contributed by atoms with Crippen LogP contribution in [0.2, 0.25) is 0 Å². The monoisotopic (exact) mass is 366 g/mol. The van der Waals surface area contributed by atoms with Gasteiger partial charge in [-0.1, -0.05) is 0 Å². The summed E-state index contributed by atoms with van der Waals surface area (Å²) in [6.45, 7) is 2.17. The molecular weight excluding hydrogens is 344 g/mol. The molecule has 0 unspecified atom stereocenters. The quantitative estimate of drug-likeness (QED) is 0.736. The van der Waals surface area contributed by atoms with Crippen molar-refractivity contribution >= 4 is 22.8 Å². The predicted octanol–water partition coefficient (Wildman–Crippen LogP) is 2.42. The SMILES string of the molecule is COc1nccc(C(=O)Nc2ccc3[nH]cc(C4CCN(C)CC4)c3n2)n1. The van der Waals surface area contributed by atoms with Crippen molar-refractivity contribution in [3.05, 3.63) is 41.9 Å². The number of piperidine rings is 1. The first-order chi connectivity index (χ1) is 13.1. The van der Waals surface area contributed by atoms with Crippen LogP contribution < -0.4 is 10.1 Å². The molecule has 1 aliphatic heterocycles. The number of amides is 1. The Morgan fingerprint density at radius 1 is 1.26 bits per heavy atom. The zero-order chi connectivity index (χ0) is 18.8. The number of ether oxygens (including phenoxy) is 1. The number of anilines is 1. The van der Waals surface area contributed by atoms with Gasteiger partial charge in [-0.2, -0.15) is 4.98 Å². The number of carbonyl (C=O) groups excluding carboxylic acids is 1. The summed E-state index contributed by atoms with van der Waals surface area (Å²) in [6, 6.07) is 5.42. The van der Waals surface area contributed by atoms with Gasteiger partial charge in [0.1, 0.15) is 11.5 Å². The molecule has 0 spiro atoms. The minimum atomic E-state index is -0.348. The molecule has 8 heteroatoms. The summed E-state index contributed by atoms with van der Waals surface area (Å²) in [4.78, 5) is 30.8. The lowest BCUT2D eigenvalue weighted by Crippen LogP contribution is -2.29. The van der Waals surface area contributed by atoms with Gasteiger partial charge in [-0.15, -0.1) is 0 Å². The van der Waals surface area contributed by atoms with E-state index >= 15 is 0 Å². The van der Waals surface area contributed by atoms with Crippen molar-refractivity contribution in [1.82, 2.24) is 24.8 Å². The van der Waals surface area contributed by atoms with Gasteiger partial charge in [-0.3, -0.25) is 4.79 Å². The first-order valence-corrected chi connectivity index (χ1v) is 8.99. The van der Waals surface area contributed by atoms with Gasteiger partial charge in [-0.05, 0) is 62.7 Å². The van der Waals surface area contributed by atoms with Crippen LogP contribution in [0.25, 0.3) is 11.0 Å². The molecule has 0 bridgehead atoms. The van der Waals surface area contributed by atoms with Gasteiger partial charge < -0.3 is 19.9 Å². The number of pyridine rings is 1. The fourth-order valence-corrected chi connectivity index (χ4v) is 3.47. The van der Waals surface area contributed by atoms with E-state index in [1.807, 2.05) is 6.07 Å². The van der Waals surface area contributed by atoms with Crippen molar-refractivity contribution in [2.45, 2.75) is 18.8 Å². The normalized spacial score (nSPS) is 15.8. The fourth-order valence-electron chi connectivity index (χ4n) is 3.47. The minimum absolute atomic E-state index is 0.154. The Hall–Kier alpha value is -3.00. The summed E-state index contributed by atoms with van der Waals surface area (Å²) in [7, 11) is 3.61. The number of nitrogens with one attached hydrogen (secondary N) is 2. The summed E-state index contributed by atoms with van der Waals surface area (Å²) in [6.07, 6.45) is 5.77. The van der Waals surface area contributed by atoms with E-state index in [2.05, 4.69) is 43.4 Å². The molecule has 0 aliphatic carbocycles. The van der Waals surface area contributed by atoms with Gasteiger partial charge in [0, 0.05) is 12.4 Å². The summed E-state index contributed by atoms with van der Waals surface area (Å²) in [5, 5.41) is 2.81. The van der Waals surface area contributed by atoms with Gasteiger partial charge >= 0.3 is 6.01 Å². The highest BCUT2D eigenvalue weighted by atomic mass is 16.5. The Morgan fingerprint density at radius 3 is 2.85 bits per heavy atom. The third-order valence-corrected chi connectivity index (χ3v) is 5.00. The molecule has 1 amide bonds. The lowest BCUT2D eigenvalue weighted by molar-refractivity contribution is 0.102. The number of aromatic nitrogens is 4. The maximum absolute atomic E-state index is 12.5. The van der Waals surface area contributed by atoms with E-state index in [1.165, 1.54) is 24.9 Å². The van der Waals surface area contributed by atoms with E-state index in [0.717, 1.165) is 37.0 Å². The largest absolute Gasteiger partial charge is 0.467 e. The lowest BCUT2D eigenvalue weighted by Gasteiger charge is -2.28. The number of nitrogens with zero attached hydrogens (tertiary/aromatic N) is 4. The van der Waals surface area contributed by atoms with E-state index in [4.69, 9.17) is 4.74 Å². The Labute approximate surface area is 157 Å². The van der Waals surface area contributed by atoms with Crippen LogP contribution in [-0.4, -0.2) is 58.0 Å². The van der Waals surface area contributed by atoms with Crippen molar-refractivity contribution in [1.29, 1.82) is 0 Å². The molecular formula is C19H22N6O2. The van der Waals surface area contributed by atoms with Crippen LogP contribution in [0.5, 0.6) is 6.01 Å². The minimum Gasteiger partial charge on any atom is -0.467 e. The van der Waals surface area contributed by atoms with Crippen LogP contribution in [0.1, 0.15) is 34.8 Å². The van der Waals surface area contributed by atoms with E-state index in [9.17, 15) is 4.79 Å². The number of aromatic amines is 1. The van der Waals surface area contributed by atoms with Crippen molar-refractivity contribution < 1.29 is 9.53 Å². The average Bonchev–Trinajstić information content (AvgIpc) is 3.12. The third-order valence-electron chi connectivity index (χ3n) is 5.00. The van der Waals surface area contributed by atoms with Crippen LogP contribution in [0, 0.1) is 0 Å². The highest BCUT2D eigenvalue weighted by Crippen LogP contribution is 2.32. The van der Waals surface area contributed by atoms with Gasteiger partial charge in [0.2, 0.25) is 0 Å². The molecule has 3 aromatic heterocycles. The van der Waals surface area contributed by atoms with Gasteiger partial charge in [0.15, 0.2) is 0 Å². The number of fused-ring (bicyclic) bond motifs is 1. The molecule has 1 fully saturated rings. The standard InChI is InChI=1S/C19H22N6O2/c1-25-9-6-12(7-10-25)13-11-21-14-3-4-16(23-17(13)14)24-18(26)15-5-8-20-19(22-15)27-2/h3-5,8,11-12,21H,6-7,9-10H2,1-2H3,(H,23,24,26). The molecule has 0 radical (unpaired) electrons. The first-order valence-electron chi connectivity index (χ1n) is 8.99. The smallest absolute Gasteiger partial charge is 0.316 e. The molecule has 3 aromatic rings. The third kappa shape index (κ3) is 3.61. The van der Waals surface area contributed by atoms with Crippen molar-refractivity contribution in [3.63, 3.8) is 0 Å². The zero-order valence-electron chi connectivity index (χ0n) is 15.4. The number of carbonyl (C=O) groups is 1. The van der Waals surface area contributed by atoms with E-state index in [1.54, 1.807) is 6.07 Å². The second-order valence-corrected chi connectivity index (χ2v) is 6.80. The predicted molar refractivity (Wildman–Crippen MR) is 102 cm³/mol. The van der Waals surface area contributed by atoms with Crippen molar-refractivity contribution in [2.75, 3.05) is 32.6 Å². The lowest BCUT2D eigenvalue weighted by atomic mass is 9.91. The van der Waals surface area contributed by atoms with Crippen molar-refractivity contribution in [3.8, 4) is 6.01 Å². The summed E-state index contributed by atoms with van der Waals surface area (Å²) >= 11 is 0. The van der Waals surface area contributed by atoms with Crippen LogP contribution in [0.4, 0.5) is 5.82 Å².